The van der Waals surface area contributed by atoms with Crippen LogP contribution in [0.2, 0.25) is 10.0 Å². The van der Waals surface area contributed by atoms with E-state index in [1.807, 2.05) is 10.9 Å². The van der Waals surface area contributed by atoms with Crippen molar-refractivity contribution in [3.63, 3.8) is 0 Å². The number of hydrogen-bond donors (Lipinski definition) is 2. The maximum Gasteiger partial charge on any atom is 0.323 e. The molecule has 37 heavy (non-hydrogen) atoms. The van der Waals surface area contributed by atoms with Gasteiger partial charge in [-0.3, -0.25) is 10.00 Å². The normalized spacial score (nSPS) is 17.1. The zero-order valence-electron chi connectivity index (χ0n) is 20.5. The molecule has 3 aromatic rings. The average molecular weight is 547 g/mol. The first-order valence-electron chi connectivity index (χ1n) is 12.5. The molecule has 0 bridgehead atoms. The molecule has 4 heterocycles. The van der Waals surface area contributed by atoms with Gasteiger partial charge in [-0.2, -0.15) is 5.10 Å². The summed E-state index contributed by atoms with van der Waals surface area (Å²) in [4.78, 5) is 19.1. The Balaban J connectivity index is 1.45. The monoisotopic (exact) mass is 546 g/mol. The fourth-order valence-corrected chi connectivity index (χ4v) is 5.49. The predicted octanol–water partition coefficient (Wildman–Crippen LogP) is 6.08. The number of amides is 2. The van der Waals surface area contributed by atoms with Crippen LogP contribution < -0.4 is 15.4 Å². The highest BCUT2D eigenvalue weighted by Gasteiger charge is 2.24. The first-order chi connectivity index (χ1) is 17.9. The number of anilines is 1. The molecular weight excluding hydrogens is 518 g/mol. The Hall–Kier alpha value is -2.88. The van der Waals surface area contributed by atoms with E-state index < -0.39 is 11.9 Å². The summed E-state index contributed by atoms with van der Waals surface area (Å²) in [5.74, 6) is 0.00160. The van der Waals surface area contributed by atoms with Gasteiger partial charge in [0.05, 0.1) is 17.3 Å². The number of carbonyl (C=O) groups is 1. The molecule has 8 nitrogen and oxygen atoms in total. The SMILES string of the molecule is C[C@@H](Oc1cc(-c2cnn(C3CCNCC3)c2)cnc1NC(=O)N1CCCC1)c1c(Cl)ccc(F)c1Cl. The topological polar surface area (TPSA) is 84.3 Å². The lowest BCUT2D eigenvalue weighted by molar-refractivity contribution is 0.219. The van der Waals surface area contributed by atoms with Gasteiger partial charge in [0, 0.05) is 47.2 Å². The third-order valence-electron chi connectivity index (χ3n) is 6.88. The second-order valence-electron chi connectivity index (χ2n) is 9.40. The standard InChI is InChI=1S/C26H29Cl2FN6O2/c1-16(23-20(27)4-5-21(29)24(23)28)37-22-12-17(13-31-25(22)33-26(36)34-10-2-3-11-34)18-14-32-35(15-18)19-6-8-30-9-7-19/h4-5,12-16,19,30H,2-3,6-11H2,1H3,(H,31,33,36)/t16-/m1/s1. The lowest BCUT2D eigenvalue weighted by Crippen LogP contribution is -2.32. The van der Waals surface area contributed by atoms with Crippen LogP contribution in [0.3, 0.4) is 0 Å². The van der Waals surface area contributed by atoms with Crippen molar-refractivity contribution in [3.05, 3.63) is 58.2 Å². The highest BCUT2D eigenvalue weighted by Crippen LogP contribution is 2.38. The van der Waals surface area contributed by atoms with Crippen molar-refractivity contribution in [2.75, 3.05) is 31.5 Å². The molecule has 1 aromatic carbocycles. The van der Waals surface area contributed by atoms with Crippen LogP contribution >= 0.6 is 23.2 Å². The molecule has 0 aliphatic carbocycles. The molecule has 2 saturated heterocycles. The van der Waals surface area contributed by atoms with Gasteiger partial charge in [0.1, 0.15) is 11.9 Å². The molecular formula is C26H29Cl2FN6O2. The number of carbonyl (C=O) groups excluding carboxylic acids is 1. The van der Waals surface area contributed by atoms with E-state index in [2.05, 4.69) is 20.7 Å². The summed E-state index contributed by atoms with van der Waals surface area (Å²) in [6, 6.07) is 4.56. The molecule has 0 unspecified atom stereocenters. The molecule has 2 aromatic heterocycles. The van der Waals surface area contributed by atoms with Crippen LogP contribution in [0.4, 0.5) is 15.0 Å². The van der Waals surface area contributed by atoms with Crippen molar-refractivity contribution in [3.8, 4) is 16.9 Å². The minimum absolute atomic E-state index is 0.102. The van der Waals surface area contributed by atoms with E-state index in [4.69, 9.17) is 27.9 Å². The summed E-state index contributed by atoms with van der Waals surface area (Å²) in [6.07, 6.45) is 8.74. The number of nitrogens with zero attached hydrogens (tertiary/aromatic N) is 4. The first kappa shape index (κ1) is 25.8. The van der Waals surface area contributed by atoms with Crippen LogP contribution in [0.25, 0.3) is 11.1 Å². The van der Waals surface area contributed by atoms with Gasteiger partial charge in [-0.1, -0.05) is 23.2 Å². The van der Waals surface area contributed by atoms with Crippen LogP contribution in [-0.4, -0.2) is 51.9 Å². The molecule has 0 spiro atoms. The predicted molar refractivity (Wildman–Crippen MR) is 142 cm³/mol. The van der Waals surface area contributed by atoms with Gasteiger partial charge in [0.2, 0.25) is 0 Å². The number of nitrogens with one attached hydrogen (secondary N) is 2. The lowest BCUT2D eigenvalue weighted by atomic mass is 10.1. The number of rotatable bonds is 6. The molecule has 5 rings (SSSR count). The van der Waals surface area contributed by atoms with E-state index in [0.717, 1.165) is 49.9 Å². The summed E-state index contributed by atoms with van der Waals surface area (Å²) >= 11 is 12.6. The van der Waals surface area contributed by atoms with Crippen molar-refractivity contribution in [1.29, 1.82) is 0 Å². The zero-order valence-corrected chi connectivity index (χ0v) is 22.0. The Morgan fingerprint density at radius 3 is 2.70 bits per heavy atom. The largest absolute Gasteiger partial charge is 0.482 e. The van der Waals surface area contributed by atoms with Crippen LogP contribution in [0.5, 0.6) is 5.75 Å². The van der Waals surface area contributed by atoms with E-state index in [1.165, 1.54) is 12.1 Å². The number of hydrogen-bond acceptors (Lipinski definition) is 5. The number of benzene rings is 1. The first-order valence-corrected chi connectivity index (χ1v) is 13.3. The smallest absolute Gasteiger partial charge is 0.323 e. The van der Waals surface area contributed by atoms with Gasteiger partial charge in [0.15, 0.2) is 11.6 Å². The minimum Gasteiger partial charge on any atom is -0.482 e. The second kappa shape index (κ2) is 11.2. The molecule has 2 amide bonds. The van der Waals surface area contributed by atoms with Crippen LogP contribution in [-0.2, 0) is 0 Å². The molecule has 0 radical (unpaired) electrons. The number of ether oxygens (including phenoxy) is 1. The van der Waals surface area contributed by atoms with E-state index in [0.29, 0.717) is 30.4 Å². The quantitative estimate of drug-likeness (QED) is 0.366. The maximum atomic E-state index is 14.2. The number of pyridine rings is 1. The molecule has 0 saturated carbocycles. The number of aromatic nitrogens is 3. The number of halogens is 3. The van der Waals surface area contributed by atoms with E-state index in [1.54, 1.807) is 30.3 Å². The molecule has 2 N–H and O–H groups in total. The van der Waals surface area contributed by atoms with Crippen molar-refractivity contribution < 1.29 is 13.9 Å². The minimum atomic E-state index is -0.715. The highest BCUT2D eigenvalue weighted by molar-refractivity contribution is 6.36. The molecule has 11 heteroatoms. The van der Waals surface area contributed by atoms with Gasteiger partial charge in [-0.05, 0) is 63.9 Å². The fraction of sp³-hybridized carbons (Fsp3) is 0.423. The van der Waals surface area contributed by atoms with Crippen molar-refractivity contribution in [2.45, 2.75) is 44.8 Å². The second-order valence-corrected chi connectivity index (χ2v) is 10.2. The summed E-state index contributed by atoms with van der Waals surface area (Å²) in [6.45, 7) is 5.05. The summed E-state index contributed by atoms with van der Waals surface area (Å²) < 4.78 is 22.4. The molecule has 1 atom stereocenters. The Bertz CT molecular complexity index is 1270. The van der Waals surface area contributed by atoms with Crippen LogP contribution in [0.15, 0.2) is 36.8 Å². The average Bonchev–Trinajstić information content (AvgIpc) is 3.61. The van der Waals surface area contributed by atoms with Gasteiger partial charge >= 0.3 is 6.03 Å². The lowest BCUT2D eigenvalue weighted by Gasteiger charge is -2.22. The zero-order chi connectivity index (χ0) is 25.9. The van der Waals surface area contributed by atoms with Gasteiger partial charge in [0.25, 0.3) is 0 Å². The summed E-state index contributed by atoms with van der Waals surface area (Å²) in [5.41, 5.74) is 1.98. The highest BCUT2D eigenvalue weighted by atomic mass is 35.5. The molecule has 2 aliphatic heterocycles. The van der Waals surface area contributed by atoms with Gasteiger partial charge in [-0.15, -0.1) is 0 Å². The Labute approximate surface area is 225 Å². The van der Waals surface area contributed by atoms with Crippen molar-refractivity contribution >= 4 is 35.1 Å². The third kappa shape index (κ3) is 5.68. The Kier molecular flexibility index (Phi) is 7.83. The van der Waals surface area contributed by atoms with E-state index in [9.17, 15) is 9.18 Å². The summed E-state index contributed by atoms with van der Waals surface area (Å²) in [7, 11) is 0. The third-order valence-corrected chi connectivity index (χ3v) is 7.59. The van der Waals surface area contributed by atoms with Crippen LogP contribution in [0, 0.1) is 5.82 Å². The molecule has 196 valence electrons. The van der Waals surface area contributed by atoms with Crippen molar-refractivity contribution in [2.24, 2.45) is 0 Å². The number of urea groups is 1. The fourth-order valence-electron chi connectivity index (χ4n) is 4.81. The number of likely N-dealkylation sites (tertiary alicyclic amines) is 1. The van der Waals surface area contributed by atoms with E-state index in [-0.39, 0.29) is 21.9 Å². The van der Waals surface area contributed by atoms with Crippen LogP contribution in [0.1, 0.15) is 50.3 Å². The Morgan fingerprint density at radius 1 is 1.19 bits per heavy atom. The van der Waals surface area contributed by atoms with E-state index >= 15 is 0 Å². The van der Waals surface area contributed by atoms with Crippen molar-refractivity contribution in [1.82, 2.24) is 25.0 Å². The van der Waals surface area contributed by atoms with Gasteiger partial charge in [-0.25, -0.2) is 14.2 Å². The number of piperidine rings is 1. The Morgan fingerprint density at radius 2 is 1.95 bits per heavy atom. The maximum absolute atomic E-state index is 14.2. The summed E-state index contributed by atoms with van der Waals surface area (Å²) in [5, 5.41) is 11.0. The van der Waals surface area contributed by atoms with Gasteiger partial charge < -0.3 is 15.0 Å². The molecule has 2 fully saturated rings. The molecule has 2 aliphatic rings.